The Morgan fingerprint density at radius 1 is 1.36 bits per heavy atom. The smallest absolute Gasteiger partial charge is 0.125 e. The van der Waals surface area contributed by atoms with Crippen LogP contribution in [0.4, 0.5) is 4.39 Å². The SMILES string of the molecule is FC(C1=CCCCC1)C1CCCNC1. The van der Waals surface area contributed by atoms with E-state index in [1.807, 2.05) is 0 Å². The number of allylic oxidation sites excluding steroid dienone is 2. The van der Waals surface area contributed by atoms with Crippen LogP contribution in [0.5, 0.6) is 0 Å². The van der Waals surface area contributed by atoms with E-state index in [9.17, 15) is 4.39 Å². The number of alkyl halides is 1. The van der Waals surface area contributed by atoms with Crippen LogP contribution >= 0.6 is 0 Å². The summed E-state index contributed by atoms with van der Waals surface area (Å²) in [6.45, 7) is 1.95. The molecule has 0 aromatic heterocycles. The van der Waals surface area contributed by atoms with Gasteiger partial charge in [0, 0.05) is 12.5 Å². The Labute approximate surface area is 85.8 Å². The lowest BCUT2D eigenvalue weighted by atomic mass is 9.86. The van der Waals surface area contributed by atoms with Gasteiger partial charge in [-0.2, -0.15) is 0 Å². The second-order valence-electron chi connectivity index (χ2n) is 4.53. The van der Waals surface area contributed by atoms with Crippen LogP contribution in [0.15, 0.2) is 11.6 Å². The first kappa shape index (κ1) is 10.2. The molecule has 1 fully saturated rings. The van der Waals surface area contributed by atoms with Crippen LogP contribution in [0.25, 0.3) is 0 Å². The van der Waals surface area contributed by atoms with Crippen LogP contribution in [0.3, 0.4) is 0 Å². The summed E-state index contributed by atoms with van der Waals surface area (Å²) in [5.41, 5.74) is 1.09. The zero-order valence-electron chi connectivity index (χ0n) is 8.77. The largest absolute Gasteiger partial charge is 0.316 e. The molecule has 1 heterocycles. The summed E-state index contributed by atoms with van der Waals surface area (Å²) in [4.78, 5) is 0. The van der Waals surface area contributed by atoms with Gasteiger partial charge in [0.05, 0.1) is 0 Å². The molecule has 1 N–H and O–H groups in total. The Kier molecular flexibility index (Phi) is 3.57. The number of hydrogen-bond donors (Lipinski definition) is 1. The first-order valence-electron chi connectivity index (χ1n) is 5.91. The molecule has 2 rings (SSSR count). The van der Waals surface area contributed by atoms with Crippen molar-refractivity contribution in [1.29, 1.82) is 0 Å². The van der Waals surface area contributed by atoms with E-state index >= 15 is 0 Å². The van der Waals surface area contributed by atoms with Gasteiger partial charge in [0.1, 0.15) is 6.17 Å². The average Bonchev–Trinajstić information content (AvgIpc) is 2.30. The predicted molar refractivity (Wildman–Crippen MR) is 57.0 cm³/mol. The van der Waals surface area contributed by atoms with Crippen molar-refractivity contribution >= 4 is 0 Å². The van der Waals surface area contributed by atoms with Crippen LogP contribution < -0.4 is 5.32 Å². The molecular formula is C12H20FN. The van der Waals surface area contributed by atoms with E-state index in [0.29, 0.717) is 0 Å². The Bertz CT molecular complexity index is 206. The highest BCUT2D eigenvalue weighted by molar-refractivity contribution is 5.12. The van der Waals surface area contributed by atoms with Crippen LogP contribution in [-0.4, -0.2) is 19.3 Å². The predicted octanol–water partition coefficient (Wildman–Crippen LogP) is 2.82. The summed E-state index contributed by atoms with van der Waals surface area (Å²) in [6.07, 6.45) is 8.20. The summed E-state index contributed by atoms with van der Waals surface area (Å²) in [6, 6.07) is 0. The molecular weight excluding hydrogens is 177 g/mol. The molecule has 1 aliphatic heterocycles. The monoisotopic (exact) mass is 197 g/mol. The van der Waals surface area contributed by atoms with E-state index in [0.717, 1.165) is 44.3 Å². The minimum atomic E-state index is -0.664. The maximum atomic E-state index is 14.1. The van der Waals surface area contributed by atoms with E-state index in [1.54, 1.807) is 0 Å². The Morgan fingerprint density at radius 3 is 2.93 bits per heavy atom. The van der Waals surface area contributed by atoms with Gasteiger partial charge in [0.25, 0.3) is 0 Å². The number of halogens is 1. The van der Waals surface area contributed by atoms with E-state index in [4.69, 9.17) is 0 Å². The standard InChI is InChI=1S/C12H20FN/c13-12(10-5-2-1-3-6-10)11-7-4-8-14-9-11/h5,11-12,14H,1-4,6-9H2. The van der Waals surface area contributed by atoms with Gasteiger partial charge < -0.3 is 5.32 Å². The number of nitrogens with one attached hydrogen (secondary N) is 1. The van der Waals surface area contributed by atoms with E-state index in [1.165, 1.54) is 12.8 Å². The normalized spacial score (nSPS) is 30.9. The van der Waals surface area contributed by atoms with E-state index < -0.39 is 6.17 Å². The van der Waals surface area contributed by atoms with Crippen molar-refractivity contribution in [2.75, 3.05) is 13.1 Å². The van der Waals surface area contributed by atoms with Gasteiger partial charge in [0.15, 0.2) is 0 Å². The number of rotatable bonds is 2. The third kappa shape index (κ3) is 2.35. The summed E-state index contributed by atoms with van der Waals surface area (Å²) in [5.74, 6) is 0.244. The summed E-state index contributed by atoms with van der Waals surface area (Å²) >= 11 is 0. The Balaban J connectivity index is 1.91. The van der Waals surface area contributed by atoms with Crippen molar-refractivity contribution in [1.82, 2.24) is 5.32 Å². The molecule has 0 aromatic rings. The Morgan fingerprint density at radius 2 is 2.29 bits per heavy atom. The van der Waals surface area contributed by atoms with Gasteiger partial charge in [-0.05, 0) is 50.6 Å². The number of hydrogen-bond acceptors (Lipinski definition) is 1. The Hall–Kier alpha value is -0.370. The molecule has 0 aromatic carbocycles. The quantitative estimate of drug-likeness (QED) is 0.671. The van der Waals surface area contributed by atoms with Gasteiger partial charge in [-0.25, -0.2) is 4.39 Å². The third-order valence-corrected chi connectivity index (χ3v) is 3.43. The summed E-state index contributed by atoms with van der Waals surface area (Å²) in [7, 11) is 0. The maximum absolute atomic E-state index is 14.1. The minimum absolute atomic E-state index is 0.244. The molecule has 2 heteroatoms. The lowest BCUT2D eigenvalue weighted by Gasteiger charge is -2.28. The van der Waals surface area contributed by atoms with Gasteiger partial charge in [-0.3, -0.25) is 0 Å². The van der Waals surface area contributed by atoms with Gasteiger partial charge in [-0.15, -0.1) is 0 Å². The van der Waals surface area contributed by atoms with Crippen LogP contribution in [0.1, 0.15) is 38.5 Å². The highest BCUT2D eigenvalue weighted by atomic mass is 19.1. The molecule has 80 valence electrons. The van der Waals surface area contributed by atoms with Crippen LogP contribution in [-0.2, 0) is 0 Å². The third-order valence-electron chi connectivity index (χ3n) is 3.43. The minimum Gasteiger partial charge on any atom is -0.316 e. The molecule has 14 heavy (non-hydrogen) atoms. The van der Waals surface area contributed by atoms with Gasteiger partial charge in [-0.1, -0.05) is 6.08 Å². The van der Waals surface area contributed by atoms with Crippen molar-refractivity contribution in [3.63, 3.8) is 0 Å². The second-order valence-corrected chi connectivity index (χ2v) is 4.53. The van der Waals surface area contributed by atoms with Crippen molar-refractivity contribution < 1.29 is 4.39 Å². The molecule has 0 spiro atoms. The molecule has 0 radical (unpaired) electrons. The molecule has 0 amide bonds. The van der Waals surface area contributed by atoms with Crippen molar-refractivity contribution in [3.8, 4) is 0 Å². The lowest BCUT2D eigenvalue weighted by molar-refractivity contribution is 0.217. The summed E-state index contributed by atoms with van der Waals surface area (Å²) in [5, 5.41) is 3.29. The molecule has 2 unspecified atom stereocenters. The fraction of sp³-hybridized carbons (Fsp3) is 0.833. The molecule has 1 saturated heterocycles. The first-order chi connectivity index (χ1) is 6.88. The van der Waals surface area contributed by atoms with Crippen LogP contribution in [0, 0.1) is 5.92 Å². The van der Waals surface area contributed by atoms with Gasteiger partial charge in [0.2, 0.25) is 0 Å². The molecule has 1 aliphatic carbocycles. The summed E-state index contributed by atoms with van der Waals surface area (Å²) < 4.78 is 14.1. The highest BCUT2D eigenvalue weighted by Gasteiger charge is 2.26. The molecule has 1 nitrogen and oxygen atoms in total. The highest BCUT2D eigenvalue weighted by Crippen LogP contribution is 2.29. The fourth-order valence-corrected chi connectivity index (χ4v) is 2.54. The molecule has 2 aliphatic rings. The second kappa shape index (κ2) is 4.92. The molecule has 2 atom stereocenters. The maximum Gasteiger partial charge on any atom is 0.125 e. The van der Waals surface area contributed by atoms with Crippen molar-refractivity contribution in [3.05, 3.63) is 11.6 Å². The van der Waals surface area contributed by atoms with Crippen molar-refractivity contribution in [2.24, 2.45) is 5.92 Å². The van der Waals surface area contributed by atoms with E-state index in [-0.39, 0.29) is 5.92 Å². The van der Waals surface area contributed by atoms with Crippen LogP contribution in [0.2, 0.25) is 0 Å². The molecule has 0 bridgehead atoms. The van der Waals surface area contributed by atoms with Gasteiger partial charge >= 0.3 is 0 Å². The first-order valence-corrected chi connectivity index (χ1v) is 5.91. The average molecular weight is 197 g/mol. The number of piperidine rings is 1. The molecule has 0 saturated carbocycles. The lowest BCUT2D eigenvalue weighted by Crippen LogP contribution is -2.36. The van der Waals surface area contributed by atoms with Crippen molar-refractivity contribution in [2.45, 2.75) is 44.7 Å². The zero-order chi connectivity index (χ0) is 9.80. The van der Waals surface area contributed by atoms with E-state index in [2.05, 4.69) is 11.4 Å². The fourth-order valence-electron chi connectivity index (χ4n) is 2.54. The zero-order valence-corrected chi connectivity index (χ0v) is 8.77. The topological polar surface area (TPSA) is 12.0 Å².